The molecule has 0 radical (unpaired) electrons. The van der Waals surface area contributed by atoms with E-state index in [4.69, 9.17) is 4.74 Å². The van der Waals surface area contributed by atoms with Crippen molar-refractivity contribution in [1.82, 2.24) is 5.43 Å². The van der Waals surface area contributed by atoms with Crippen molar-refractivity contribution < 1.29 is 14.6 Å². The number of phenolic OH excluding ortho intramolecular Hbond substituents is 1. The predicted molar refractivity (Wildman–Crippen MR) is 99.3 cm³/mol. The molecule has 2 rings (SSSR count). The van der Waals surface area contributed by atoms with Gasteiger partial charge in [-0.2, -0.15) is 5.10 Å². The van der Waals surface area contributed by atoms with E-state index in [-0.39, 0.29) is 18.2 Å². The summed E-state index contributed by atoms with van der Waals surface area (Å²) in [5, 5.41) is 13.6. The fourth-order valence-corrected chi connectivity index (χ4v) is 2.34. The number of anilines is 1. The van der Waals surface area contributed by atoms with Crippen LogP contribution in [0.4, 0.5) is 5.69 Å². The molecule has 0 aliphatic carbocycles. The largest absolute Gasteiger partial charge is 0.508 e. The molecule has 6 heteroatoms. The summed E-state index contributed by atoms with van der Waals surface area (Å²) in [7, 11) is 0. The van der Waals surface area contributed by atoms with Crippen LogP contribution in [0.15, 0.2) is 53.6 Å². The second-order valence-electron chi connectivity index (χ2n) is 5.34. The molecule has 0 aliphatic rings. The van der Waals surface area contributed by atoms with Gasteiger partial charge in [0, 0.05) is 23.9 Å². The number of likely N-dealkylation sites (N-methyl/N-ethyl adjacent to an activating group) is 1. The highest BCUT2D eigenvalue weighted by atomic mass is 16.5. The number of aromatic hydroxyl groups is 1. The Morgan fingerprint density at radius 1 is 1.24 bits per heavy atom. The Bertz CT molecular complexity index is 717. The van der Waals surface area contributed by atoms with E-state index in [1.807, 2.05) is 49.1 Å². The minimum Gasteiger partial charge on any atom is -0.508 e. The fourth-order valence-electron chi connectivity index (χ4n) is 2.34. The number of amides is 1. The first-order chi connectivity index (χ1) is 12.1. The van der Waals surface area contributed by atoms with Crippen LogP contribution in [0.5, 0.6) is 11.5 Å². The summed E-state index contributed by atoms with van der Waals surface area (Å²) in [6, 6.07) is 14.5. The SMILES string of the molecule is CCOc1cc(O)cc(C=NNC(=O)CN(CC)c2ccccc2)c1. The van der Waals surface area contributed by atoms with E-state index in [1.165, 1.54) is 12.3 Å². The molecular weight excluding hydrogens is 318 g/mol. The van der Waals surface area contributed by atoms with Gasteiger partial charge < -0.3 is 14.7 Å². The predicted octanol–water partition coefficient (Wildman–Crippen LogP) is 2.77. The topological polar surface area (TPSA) is 74.2 Å². The van der Waals surface area contributed by atoms with Gasteiger partial charge in [-0.1, -0.05) is 18.2 Å². The fraction of sp³-hybridized carbons (Fsp3) is 0.263. The van der Waals surface area contributed by atoms with Crippen LogP contribution in [0.1, 0.15) is 19.4 Å². The number of nitrogens with zero attached hydrogens (tertiary/aromatic N) is 2. The van der Waals surface area contributed by atoms with Crippen LogP contribution in [-0.4, -0.2) is 36.9 Å². The number of ether oxygens (including phenoxy) is 1. The number of para-hydroxylation sites is 1. The van der Waals surface area contributed by atoms with Crippen molar-refractivity contribution in [2.45, 2.75) is 13.8 Å². The van der Waals surface area contributed by atoms with Gasteiger partial charge in [0.05, 0.1) is 19.4 Å². The normalized spacial score (nSPS) is 10.6. The number of hydrazone groups is 1. The summed E-state index contributed by atoms with van der Waals surface area (Å²) in [5.74, 6) is 0.420. The van der Waals surface area contributed by atoms with Crippen molar-refractivity contribution >= 4 is 17.8 Å². The van der Waals surface area contributed by atoms with E-state index in [1.54, 1.807) is 12.1 Å². The molecule has 2 aromatic rings. The number of benzene rings is 2. The maximum atomic E-state index is 12.1. The van der Waals surface area contributed by atoms with Crippen LogP contribution in [0.3, 0.4) is 0 Å². The average molecular weight is 341 g/mol. The zero-order valence-electron chi connectivity index (χ0n) is 14.5. The standard InChI is InChI=1S/C19H23N3O3/c1-3-22(16-8-6-5-7-9-16)14-19(24)21-20-13-15-10-17(23)12-18(11-15)25-4-2/h5-13,23H,3-4,14H2,1-2H3,(H,21,24). The number of carbonyl (C=O) groups is 1. The monoisotopic (exact) mass is 341 g/mol. The molecule has 0 aromatic heterocycles. The lowest BCUT2D eigenvalue weighted by Gasteiger charge is -2.21. The summed E-state index contributed by atoms with van der Waals surface area (Å²) in [4.78, 5) is 14.0. The van der Waals surface area contributed by atoms with E-state index in [0.29, 0.717) is 24.5 Å². The number of carbonyl (C=O) groups excluding carboxylic acids is 1. The van der Waals surface area contributed by atoms with Crippen molar-refractivity contribution in [3.8, 4) is 11.5 Å². The Hall–Kier alpha value is -3.02. The summed E-state index contributed by atoms with van der Waals surface area (Å²) < 4.78 is 5.36. The lowest BCUT2D eigenvalue weighted by Crippen LogP contribution is -2.35. The van der Waals surface area contributed by atoms with E-state index in [9.17, 15) is 9.90 Å². The van der Waals surface area contributed by atoms with Crippen molar-refractivity contribution in [3.63, 3.8) is 0 Å². The average Bonchev–Trinajstić information content (AvgIpc) is 2.60. The zero-order chi connectivity index (χ0) is 18.1. The molecule has 0 unspecified atom stereocenters. The molecule has 6 nitrogen and oxygen atoms in total. The maximum absolute atomic E-state index is 12.1. The highest BCUT2D eigenvalue weighted by Crippen LogP contribution is 2.20. The Kier molecular flexibility index (Phi) is 6.83. The first kappa shape index (κ1) is 18.3. The first-order valence-electron chi connectivity index (χ1n) is 8.21. The van der Waals surface area contributed by atoms with Gasteiger partial charge in [-0.05, 0) is 38.1 Å². The molecule has 0 bridgehead atoms. The molecule has 0 saturated carbocycles. The summed E-state index contributed by atoms with van der Waals surface area (Å²) in [5.41, 5.74) is 4.13. The van der Waals surface area contributed by atoms with Crippen LogP contribution in [-0.2, 0) is 4.79 Å². The van der Waals surface area contributed by atoms with Gasteiger partial charge >= 0.3 is 0 Å². The van der Waals surface area contributed by atoms with Crippen molar-refractivity contribution in [3.05, 3.63) is 54.1 Å². The first-order valence-corrected chi connectivity index (χ1v) is 8.21. The third-order valence-corrected chi connectivity index (χ3v) is 3.47. The zero-order valence-corrected chi connectivity index (χ0v) is 14.5. The van der Waals surface area contributed by atoms with E-state index >= 15 is 0 Å². The van der Waals surface area contributed by atoms with Crippen molar-refractivity contribution in [1.29, 1.82) is 0 Å². The minimum absolute atomic E-state index is 0.0833. The molecule has 0 heterocycles. The van der Waals surface area contributed by atoms with E-state index in [0.717, 1.165) is 5.69 Å². The molecule has 0 spiro atoms. The van der Waals surface area contributed by atoms with Gasteiger partial charge in [-0.15, -0.1) is 0 Å². The molecule has 25 heavy (non-hydrogen) atoms. The van der Waals surface area contributed by atoms with Gasteiger partial charge in [-0.3, -0.25) is 4.79 Å². The Balaban J connectivity index is 1.94. The molecule has 0 atom stereocenters. The summed E-state index contributed by atoms with van der Waals surface area (Å²) in [6.45, 7) is 5.28. The molecule has 132 valence electrons. The van der Waals surface area contributed by atoms with Crippen molar-refractivity contribution in [2.75, 3.05) is 24.6 Å². The highest BCUT2D eigenvalue weighted by molar-refractivity contribution is 5.85. The maximum Gasteiger partial charge on any atom is 0.259 e. The lowest BCUT2D eigenvalue weighted by atomic mass is 10.2. The smallest absolute Gasteiger partial charge is 0.259 e. The number of nitrogens with one attached hydrogen (secondary N) is 1. The summed E-state index contributed by atoms with van der Waals surface area (Å²) in [6.07, 6.45) is 1.47. The molecule has 2 N–H and O–H groups in total. The van der Waals surface area contributed by atoms with Gasteiger partial charge in [0.25, 0.3) is 5.91 Å². The molecule has 0 saturated heterocycles. The molecule has 0 fully saturated rings. The van der Waals surface area contributed by atoms with Gasteiger partial charge in [0.1, 0.15) is 11.5 Å². The number of hydrogen-bond acceptors (Lipinski definition) is 5. The van der Waals surface area contributed by atoms with Gasteiger partial charge in [0.2, 0.25) is 0 Å². The molecule has 0 aliphatic heterocycles. The van der Waals surface area contributed by atoms with E-state index < -0.39 is 0 Å². The van der Waals surface area contributed by atoms with Crippen LogP contribution < -0.4 is 15.1 Å². The number of hydrogen-bond donors (Lipinski definition) is 2. The minimum atomic E-state index is -0.216. The third kappa shape index (κ3) is 5.84. The third-order valence-electron chi connectivity index (χ3n) is 3.47. The Morgan fingerprint density at radius 3 is 2.68 bits per heavy atom. The second-order valence-corrected chi connectivity index (χ2v) is 5.34. The Morgan fingerprint density at radius 2 is 2.00 bits per heavy atom. The number of rotatable bonds is 8. The number of phenols is 1. The lowest BCUT2D eigenvalue weighted by molar-refractivity contribution is -0.119. The molecule has 2 aromatic carbocycles. The quantitative estimate of drug-likeness (QED) is 0.572. The van der Waals surface area contributed by atoms with Crippen LogP contribution in [0.25, 0.3) is 0 Å². The van der Waals surface area contributed by atoms with Crippen LogP contribution >= 0.6 is 0 Å². The van der Waals surface area contributed by atoms with E-state index in [2.05, 4.69) is 10.5 Å². The van der Waals surface area contributed by atoms with Gasteiger partial charge in [0.15, 0.2) is 0 Å². The van der Waals surface area contributed by atoms with Crippen LogP contribution in [0, 0.1) is 0 Å². The summed E-state index contributed by atoms with van der Waals surface area (Å²) >= 11 is 0. The Labute approximate surface area is 147 Å². The second kappa shape index (κ2) is 9.32. The molecular formula is C19H23N3O3. The van der Waals surface area contributed by atoms with Crippen molar-refractivity contribution in [2.24, 2.45) is 5.10 Å². The van der Waals surface area contributed by atoms with Crippen LogP contribution in [0.2, 0.25) is 0 Å². The van der Waals surface area contributed by atoms with Gasteiger partial charge in [-0.25, -0.2) is 5.43 Å². The molecule has 1 amide bonds. The highest BCUT2D eigenvalue weighted by Gasteiger charge is 2.08.